The van der Waals surface area contributed by atoms with Gasteiger partial charge in [0, 0.05) is 11.1 Å². The van der Waals surface area contributed by atoms with Crippen LogP contribution in [0.15, 0.2) is 52.6 Å². The zero-order valence-corrected chi connectivity index (χ0v) is 22.4. The van der Waals surface area contributed by atoms with Crippen molar-refractivity contribution in [1.29, 1.82) is 0 Å². The summed E-state index contributed by atoms with van der Waals surface area (Å²) >= 11 is 0. The number of carbonyl (C=O) groups is 2. The average Bonchev–Trinajstić information content (AvgIpc) is 2.90. The first-order chi connectivity index (χ1) is 17.7. The highest BCUT2D eigenvalue weighted by Crippen LogP contribution is 2.28. The van der Waals surface area contributed by atoms with Gasteiger partial charge in [-0.15, -0.1) is 0 Å². The maximum Gasteiger partial charge on any atom is 0.231 e. The minimum absolute atomic E-state index is 0.1000. The summed E-state index contributed by atoms with van der Waals surface area (Å²) in [6.07, 6.45) is 9.79. The molecule has 2 aromatic rings. The zero-order chi connectivity index (χ0) is 27.2. The van der Waals surface area contributed by atoms with E-state index < -0.39 is 0 Å². The van der Waals surface area contributed by atoms with Gasteiger partial charge in [-0.05, 0) is 55.4 Å². The van der Waals surface area contributed by atoms with E-state index in [-0.39, 0.29) is 23.7 Å². The van der Waals surface area contributed by atoms with E-state index >= 15 is 0 Å². The third-order valence-corrected chi connectivity index (χ3v) is 6.78. The van der Waals surface area contributed by atoms with Crippen LogP contribution < -0.4 is 22.6 Å². The first-order valence-corrected chi connectivity index (χ1v) is 13.0. The summed E-state index contributed by atoms with van der Waals surface area (Å²) in [4.78, 5) is 27.1. The summed E-state index contributed by atoms with van der Waals surface area (Å²) in [5, 5.41) is 6.07. The second kappa shape index (κ2) is 15.4. The van der Waals surface area contributed by atoms with Gasteiger partial charge in [0.05, 0.1) is 12.5 Å². The second-order valence-corrected chi connectivity index (χ2v) is 9.72. The molecule has 37 heavy (non-hydrogen) atoms. The van der Waals surface area contributed by atoms with Gasteiger partial charge in [-0.2, -0.15) is 5.10 Å². The van der Waals surface area contributed by atoms with Crippen molar-refractivity contribution >= 4 is 24.0 Å². The van der Waals surface area contributed by atoms with Crippen molar-refractivity contribution in [3.8, 4) is 0 Å². The van der Waals surface area contributed by atoms with E-state index in [1.807, 2.05) is 12.1 Å². The normalized spacial score (nSPS) is 15.3. The first kappa shape index (κ1) is 29.5. The smallest absolute Gasteiger partial charge is 0.231 e. The number of aliphatic imine (C=N–C) groups is 1. The number of aryl methyl sites for hydroxylation is 2. The number of guanidine groups is 1. The molecule has 1 fully saturated rings. The van der Waals surface area contributed by atoms with Crippen LogP contribution in [0.3, 0.4) is 0 Å². The zero-order valence-electron chi connectivity index (χ0n) is 22.4. The Hall–Kier alpha value is -3.68. The molecule has 200 valence electrons. The Morgan fingerprint density at radius 3 is 2.43 bits per heavy atom. The molecule has 0 aliphatic heterocycles. The Kier molecular flexibility index (Phi) is 12.3. The van der Waals surface area contributed by atoms with Crippen molar-refractivity contribution in [2.24, 2.45) is 33.3 Å². The molecule has 8 heteroatoms. The maximum atomic E-state index is 12.2. The lowest BCUT2D eigenvalue weighted by molar-refractivity contribution is -0.119. The standard InChI is InChI=1S/C21H33N3O.C8H9N3O/c1-4-19(13-17-8-6-5-7-9-17)23-21(22)24-20(25)14-18-11-10-15(2)16(3)12-18;9-8(11-10)7-3-1-2-6(4-7)5-12/h10-12,17,19H,4-9,13-14H2,1-3H3,(H3,22,23,24,25);1-5H,10H2,(H2,9,11)/t19-;/m0./s1. The van der Waals surface area contributed by atoms with Crippen molar-refractivity contribution < 1.29 is 9.59 Å². The van der Waals surface area contributed by atoms with Crippen LogP contribution in [-0.4, -0.2) is 30.0 Å². The second-order valence-electron chi connectivity index (χ2n) is 9.72. The molecule has 2 aromatic carbocycles. The molecule has 3 rings (SSSR count). The van der Waals surface area contributed by atoms with E-state index in [2.05, 4.69) is 42.2 Å². The molecular formula is C29H42N6O2. The molecule has 7 N–H and O–H groups in total. The first-order valence-electron chi connectivity index (χ1n) is 13.0. The Balaban J connectivity index is 0.000000335. The molecule has 1 amide bonds. The van der Waals surface area contributed by atoms with Crippen molar-refractivity contribution in [3.63, 3.8) is 0 Å². The molecule has 8 nitrogen and oxygen atoms in total. The molecule has 1 saturated carbocycles. The summed E-state index contributed by atoms with van der Waals surface area (Å²) < 4.78 is 0. The Labute approximate surface area is 220 Å². The van der Waals surface area contributed by atoms with E-state index in [1.54, 1.807) is 24.3 Å². The summed E-state index contributed by atoms with van der Waals surface area (Å²) in [6.45, 7) is 6.27. The van der Waals surface area contributed by atoms with Crippen molar-refractivity contribution in [2.75, 3.05) is 0 Å². The third kappa shape index (κ3) is 10.5. The van der Waals surface area contributed by atoms with Gasteiger partial charge < -0.3 is 17.3 Å². The van der Waals surface area contributed by atoms with E-state index in [9.17, 15) is 9.59 Å². The monoisotopic (exact) mass is 506 g/mol. The molecule has 0 heterocycles. The molecule has 1 aliphatic rings. The lowest BCUT2D eigenvalue weighted by atomic mass is 9.84. The Morgan fingerprint density at radius 2 is 1.81 bits per heavy atom. The van der Waals surface area contributed by atoms with Crippen molar-refractivity contribution in [3.05, 3.63) is 70.3 Å². The predicted octanol–water partition coefficient (Wildman–Crippen LogP) is 4.10. The number of amides is 1. The number of amidine groups is 1. The van der Waals surface area contributed by atoms with E-state index in [0.29, 0.717) is 17.5 Å². The van der Waals surface area contributed by atoms with E-state index in [1.165, 1.54) is 43.2 Å². The van der Waals surface area contributed by atoms with Gasteiger partial charge in [0.15, 0.2) is 5.96 Å². The number of hydrogen-bond acceptors (Lipinski definition) is 5. The number of rotatable bonds is 8. The topological polar surface area (TPSA) is 149 Å². The van der Waals surface area contributed by atoms with Crippen LogP contribution in [0.2, 0.25) is 0 Å². The highest BCUT2D eigenvalue weighted by molar-refractivity contribution is 5.98. The third-order valence-electron chi connectivity index (χ3n) is 6.78. The van der Waals surface area contributed by atoms with Crippen LogP contribution in [0.4, 0.5) is 0 Å². The number of hydrogen-bond donors (Lipinski definition) is 4. The van der Waals surface area contributed by atoms with Crippen LogP contribution in [0.1, 0.15) is 84.5 Å². The molecule has 0 unspecified atom stereocenters. The van der Waals surface area contributed by atoms with Gasteiger partial charge in [-0.25, -0.2) is 4.99 Å². The molecular weight excluding hydrogens is 464 g/mol. The summed E-state index contributed by atoms with van der Waals surface area (Å²) in [7, 11) is 0. The van der Waals surface area contributed by atoms with E-state index in [0.717, 1.165) is 30.6 Å². The molecule has 0 aromatic heterocycles. The summed E-state index contributed by atoms with van der Waals surface area (Å²) in [5.74, 6) is 6.12. The van der Waals surface area contributed by atoms with Crippen molar-refractivity contribution in [1.82, 2.24) is 5.32 Å². The number of hydrazone groups is 1. The predicted molar refractivity (Wildman–Crippen MR) is 151 cm³/mol. The minimum atomic E-state index is -0.1000. The molecule has 0 spiro atoms. The number of aldehydes is 1. The number of carbonyl (C=O) groups excluding carboxylic acids is 2. The van der Waals surface area contributed by atoms with Gasteiger partial charge in [0.2, 0.25) is 5.91 Å². The number of nitrogens with two attached hydrogens (primary N) is 3. The highest BCUT2D eigenvalue weighted by Gasteiger charge is 2.18. The number of nitrogens with zero attached hydrogens (tertiary/aromatic N) is 2. The Morgan fingerprint density at radius 1 is 1.08 bits per heavy atom. The molecule has 0 saturated heterocycles. The Bertz CT molecular complexity index is 1090. The quantitative estimate of drug-likeness (QED) is 0.140. The van der Waals surface area contributed by atoms with Gasteiger partial charge in [-0.3, -0.25) is 14.9 Å². The fourth-order valence-corrected chi connectivity index (χ4v) is 4.48. The SMILES string of the molecule is CC[C@@H](CC1CCCCC1)N=C(N)NC(=O)Cc1ccc(C)c(C)c1.N/N=C(\N)c1cccc(C=O)c1. The fraction of sp³-hybridized carbons (Fsp3) is 0.448. The number of benzene rings is 2. The molecule has 1 aliphatic carbocycles. The van der Waals surface area contributed by atoms with Crippen LogP contribution in [0.25, 0.3) is 0 Å². The van der Waals surface area contributed by atoms with Gasteiger partial charge in [-0.1, -0.05) is 75.4 Å². The molecule has 1 atom stereocenters. The minimum Gasteiger partial charge on any atom is -0.382 e. The maximum absolute atomic E-state index is 12.2. The lowest BCUT2D eigenvalue weighted by Crippen LogP contribution is -2.38. The van der Waals surface area contributed by atoms with Gasteiger partial charge >= 0.3 is 0 Å². The van der Waals surface area contributed by atoms with Crippen LogP contribution in [0.5, 0.6) is 0 Å². The van der Waals surface area contributed by atoms with E-state index in [4.69, 9.17) is 17.3 Å². The summed E-state index contributed by atoms with van der Waals surface area (Å²) in [6, 6.07) is 13.1. The molecule has 0 radical (unpaired) electrons. The van der Waals surface area contributed by atoms with Crippen LogP contribution in [-0.2, 0) is 11.2 Å². The fourth-order valence-electron chi connectivity index (χ4n) is 4.48. The average molecular weight is 507 g/mol. The lowest BCUT2D eigenvalue weighted by Gasteiger charge is -2.24. The van der Waals surface area contributed by atoms with Crippen molar-refractivity contribution in [2.45, 2.75) is 78.2 Å². The summed E-state index contributed by atoms with van der Waals surface area (Å²) in [5.41, 5.74) is 16.1. The van der Waals surface area contributed by atoms with Crippen LogP contribution in [0, 0.1) is 19.8 Å². The van der Waals surface area contributed by atoms with Gasteiger partial charge in [0.25, 0.3) is 0 Å². The number of nitrogens with one attached hydrogen (secondary N) is 1. The largest absolute Gasteiger partial charge is 0.382 e. The van der Waals surface area contributed by atoms with Gasteiger partial charge in [0.1, 0.15) is 12.1 Å². The molecule has 0 bridgehead atoms. The van der Waals surface area contributed by atoms with Crippen LogP contribution >= 0.6 is 0 Å². The highest BCUT2D eigenvalue weighted by atomic mass is 16.1.